The number of aliphatic imine (C=N–C) groups is 2. The molecule has 2 fully saturated rings. The van der Waals surface area contributed by atoms with Crippen molar-refractivity contribution in [2.45, 2.75) is 31.7 Å². The minimum absolute atomic E-state index is 0.0913. The fourth-order valence-electron chi connectivity index (χ4n) is 5.55. The second-order valence-corrected chi connectivity index (χ2v) is 9.67. The van der Waals surface area contributed by atoms with Gasteiger partial charge < -0.3 is 15.0 Å². The largest absolute Gasteiger partial charge is 0.481 e. The first kappa shape index (κ1) is 23.3. The Hall–Kier alpha value is -4.15. The predicted molar refractivity (Wildman–Crippen MR) is 138 cm³/mol. The van der Waals surface area contributed by atoms with E-state index in [9.17, 15) is 9.59 Å². The monoisotopic (exact) mass is 498 g/mol. The smallest absolute Gasteiger partial charge is 0.264 e. The molecule has 5 heterocycles. The van der Waals surface area contributed by atoms with Crippen LogP contribution in [0.4, 0.5) is 5.82 Å². The van der Waals surface area contributed by atoms with Crippen molar-refractivity contribution in [1.29, 1.82) is 0 Å². The van der Waals surface area contributed by atoms with Gasteiger partial charge in [0.15, 0.2) is 0 Å². The molecule has 1 aromatic carbocycles. The predicted octanol–water partition coefficient (Wildman–Crippen LogP) is 2.96. The minimum atomic E-state index is -0.283. The number of carbonyl (C=O) groups excluding carboxylic acids is 2. The molecule has 188 valence electrons. The molecular weight excluding hydrogens is 470 g/mol. The van der Waals surface area contributed by atoms with Gasteiger partial charge in [0.2, 0.25) is 17.5 Å². The average molecular weight is 499 g/mol. The molecule has 0 bridgehead atoms. The molecule has 0 saturated carbocycles. The molecule has 37 heavy (non-hydrogen) atoms. The molecule has 3 atom stereocenters. The molecule has 3 N–H and O–H groups in total. The maximum Gasteiger partial charge on any atom is 0.264 e. The summed E-state index contributed by atoms with van der Waals surface area (Å²) < 4.78 is 5.03. The lowest BCUT2D eigenvalue weighted by Crippen LogP contribution is -2.53. The van der Waals surface area contributed by atoms with Crippen LogP contribution in [0.15, 0.2) is 76.2 Å². The molecule has 0 aliphatic carbocycles. The highest BCUT2D eigenvalue weighted by Crippen LogP contribution is 2.40. The van der Waals surface area contributed by atoms with E-state index in [0.717, 1.165) is 36.2 Å². The van der Waals surface area contributed by atoms with Gasteiger partial charge in [0.1, 0.15) is 17.7 Å². The summed E-state index contributed by atoms with van der Waals surface area (Å²) in [6, 6.07) is 12.7. The van der Waals surface area contributed by atoms with E-state index >= 15 is 0 Å². The number of hydrogen-bond acceptors (Lipinski definition) is 7. The van der Waals surface area contributed by atoms with Crippen molar-refractivity contribution >= 4 is 29.7 Å². The third-order valence-electron chi connectivity index (χ3n) is 7.51. The zero-order valence-electron chi connectivity index (χ0n) is 20.5. The number of fused-ring (bicyclic) bond motifs is 2. The van der Waals surface area contributed by atoms with Crippen molar-refractivity contribution in [1.82, 2.24) is 9.88 Å². The maximum atomic E-state index is 12.8. The third-order valence-corrected chi connectivity index (χ3v) is 7.51. The molecule has 1 unspecified atom stereocenters. The highest BCUT2D eigenvalue weighted by atomic mass is 16.5. The first-order valence-corrected chi connectivity index (χ1v) is 12.4. The molecule has 2 saturated heterocycles. The number of amidine groups is 1. The number of anilines is 1. The molecule has 10 heteroatoms. The summed E-state index contributed by atoms with van der Waals surface area (Å²) >= 11 is 0. The zero-order chi connectivity index (χ0) is 25.6. The lowest BCUT2D eigenvalue weighted by Gasteiger charge is -2.35. The van der Waals surface area contributed by atoms with Crippen molar-refractivity contribution in [2.24, 2.45) is 21.7 Å². The molecule has 0 radical (unpaired) electrons. The number of benzene rings is 1. The Labute approximate surface area is 214 Å². The van der Waals surface area contributed by atoms with Gasteiger partial charge in [0.25, 0.3) is 11.7 Å². The number of hydrogen-bond donors (Lipinski definition) is 2. The van der Waals surface area contributed by atoms with Gasteiger partial charge >= 0.3 is 0 Å². The Morgan fingerprint density at radius 3 is 2.81 bits per heavy atom. The number of methoxy groups -OCH3 is 1. The van der Waals surface area contributed by atoms with Gasteiger partial charge in [-0.25, -0.2) is 0 Å². The van der Waals surface area contributed by atoms with Crippen LogP contribution in [0.25, 0.3) is 0 Å². The molecule has 4 aliphatic rings. The van der Waals surface area contributed by atoms with Gasteiger partial charge in [0.05, 0.1) is 25.1 Å². The van der Waals surface area contributed by atoms with E-state index in [1.165, 1.54) is 7.11 Å². The molecule has 6 rings (SSSR count). The van der Waals surface area contributed by atoms with E-state index in [0.29, 0.717) is 42.1 Å². The summed E-state index contributed by atoms with van der Waals surface area (Å²) in [6.07, 6.45) is 8.76. The fourth-order valence-corrected chi connectivity index (χ4v) is 5.55. The van der Waals surface area contributed by atoms with Gasteiger partial charge in [-0.1, -0.05) is 6.07 Å². The topological polar surface area (TPSA) is 122 Å². The Balaban J connectivity index is 1.26. The molecule has 2 amide bonds. The van der Waals surface area contributed by atoms with Crippen LogP contribution in [0.3, 0.4) is 0 Å². The number of nitrogens with zero attached hydrogens (tertiary/aromatic N) is 5. The molecule has 10 nitrogen and oxygen atoms in total. The first-order valence-electron chi connectivity index (χ1n) is 12.4. The van der Waals surface area contributed by atoms with Crippen LogP contribution in [0, 0.1) is 5.92 Å². The van der Waals surface area contributed by atoms with E-state index in [1.54, 1.807) is 42.7 Å². The number of ether oxygens (including phenoxy) is 1. The quantitative estimate of drug-likeness (QED) is 0.485. The van der Waals surface area contributed by atoms with Crippen LogP contribution in [0.1, 0.15) is 41.6 Å². The van der Waals surface area contributed by atoms with Crippen molar-refractivity contribution in [3.05, 3.63) is 77.4 Å². The van der Waals surface area contributed by atoms with Gasteiger partial charge in [-0.05, 0) is 49.6 Å². The lowest BCUT2D eigenvalue weighted by molar-refractivity contribution is -0.750. The highest BCUT2D eigenvalue weighted by molar-refractivity contribution is 6.05. The van der Waals surface area contributed by atoms with E-state index in [2.05, 4.69) is 15.3 Å². The Morgan fingerprint density at radius 2 is 2.00 bits per heavy atom. The van der Waals surface area contributed by atoms with Crippen molar-refractivity contribution in [3.8, 4) is 5.88 Å². The van der Waals surface area contributed by atoms with Crippen molar-refractivity contribution < 1.29 is 18.9 Å². The Kier molecular flexibility index (Phi) is 5.69. The van der Waals surface area contributed by atoms with Gasteiger partial charge in [-0.2, -0.15) is 15.8 Å². The van der Waals surface area contributed by atoms with Crippen LogP contribution in [-0.4, -0.2) is 58.0 Å². The number of pyridine rings is 1. The number of quaternary nitrogens is 1. The van der Waals surface area contributed by atoms with Crippen molar-refractivity contribution in [2.75, 3.05) is 19.0 Å². The maximum absolute atomic E-state index is 12.8. The SMILES string of the molecule is COc1cccc(NC(=O)c2ccc(C3=NC([C@@H]4CC[C@H]5CCC(=O)N5C4)=C4C=NC=C[N+]34N)cc2)n1. The van der Waals surface area contributed by atoms with E-state index in [1.807, 2.05) is 23.2 Å². The summed E-state index contributed by atoms with van der Waals surface area (Å²) in [4.78, 5) is 40.8. The number of aromatic nitrogens is 1. The van der Waals surface area contributed by atoms with E-state index < -0.39 is 0 Å². The number of rotatable bonds is 5. The number of piperidine rings is 1. The van der Waals surface area contributed by atoms with Gasteiger partial charge in [-0.15, -0.1) is 4.59 Å². The number of carbonyl (C=O) groups is 2. The third kappa shape index (κ3) is 4.04. The second-order valence-electron chi connectivity index (χ2n) is 9.67. The van der Waals surface area contributed by atoms with Crippen LogP contribution >= 0.6 is 0 Å². The summed E-state index contributed by atoms with van der Waals surface area (Å²) in [5.74, 6) is 8.42. The number of amides is 2. The molecular formula is C27H28N7O3+. The highest BCUT2D eigenvalue weighted by Gasteiger charge is 2.47. The number of nitrogens with two attached hydrogens (primary N) is 1. The van der Waals surface area contributed by atoms with Gasteiger partial charge in [0, 0.05) is 36.6 Å². The normalized spacial score (nSPS) is 26.2. The molecule has 2 aromatic rings. The van der Waals surface area contributed by atoms with Crippen LogP contribution in [-0.2, 0) is 4.79 Å². The summed E-state index contributed by atoms with van der Waals surface area (Å²) in [7, 11) is 1.52. The average Bonchev–Trinajstić information content (AvgIpc) is 3.45. The first-order chi connectivity index (χ1) is 18.0. The summed E-state index contributed by atoms with van der Waals surface area (Å²) in [5, 5.41) is 2.79. The zero-order valence-corrected chi connectivity index (χ0v) is 20.5. The van der Waals surface area contributed by atoms with E-state index in [4.69, 9.17) is 15.6 Å². The Morgan fingerprint density at radius 1 is 1.16 bits per heavy atom. The fraction of sp³-hybridized carbons (Fsp3) is 0.296. The van der Waals surface area contributed by atoms with Crippen LogP contribution in [0.2, 0.25) is 0 Å². The van der Waals surface area contributed by atoms with E-state index in [-0.39, 0.29) is 22.3 Å². The lowest BCUT2D eigenvalue weighted by atomic mass is 9.90. The minimum Gasteiger partial charge on any atom is -0.481 e. The summed E-state index contributed by atoms with van der Waals surface area (Å²) in [6.45, 7) is 0.661. The number of allylic oxidation sites excluding steroid dienone is 1. The van der Waals surface area contributed by atoms with Gasteiger partial charge in [-0.3, -0.25) is 14.6 Å². The van der Waals surface area contributed by atoms with Crippen LogP contribution in [0.5, 0.6) is 5.88 Å². The molecule has 4 aliphatic heterocycles. The number of nitrogens with one attached hydrogen (secondary N) is 1. The van der Waals surface area contributed by atoms with Crippen LogP contribution < -0.4 is 15.9 Å². The Bertz CT molecular complexity index is 1390. The molecule has 1 aromatic heterocycles. The molecule has 0 spiro atoms. The van der Waals surface area contributed by atoms with Crippen molar-refractivity contribution in [3.63, 3.8) is 0 Å². The standard InChI is InChI=1S/C27H27N7O3/c1-37-23-4-2-3-22(30-23)31-27(36)18-7-5-17(6-8-18)26-32-25(21-15-29-13-14-34(21,26)28)19-9-10-20-11-12-24(35)33(20)16-19/h2-8,13-15,19-20H,9-12,16,28H2,1H3/p+1/t19-,20+,34?/m1/s1. The summed E-state index contributed by atoms with van der Waals surface area (Å²) in [5.41, 5.74) is 2.98. The second kappa shape index (κ2) is 9.06.